The van der Waals surface area contributed by atoms with Crippen LogP contribution in [0.4, 0.5) is 5.69 Å². The Bertz CT molecular complexity index is 668. The third-order valence-electron chi connectivity index (χ3n) is 2.93. The molecule has 0 saturated carbocycles. The highest BCUT2D eigenvalue weighted by molar-refractivity contribution is 6.34. The molecule has 0 bridgehead atoms. The van der Waals surface area contributed by atoms with Gasteiger partial charge in [-0.3, -0.25) is 4.79 Å². The summed E-state index contributed by atoms with van der Waals surface area (Å²) >= 11 is 17.7. The van der Waals surface area contributed by atoms with E-state index in [0.717, 1.165) is 5.56 Å². The summed E-state index contributed by atoms with van der Waals surface area (Å²) < 4.78 is 0. The highest BCUT2D eigenvalue weighted by Crippen LogP contribution is 2.22. The number of carbonyl (C=O) groups is 1. The van der Waals surface area contributed by atoms with Crippen molar-refractivity contribution in [3.05, 3.63) is 62.6 Å². The van der Waals surface area contributed by atoms with Crippen LogP contribution in [0.1, 0.15) is 15.9 Å². The third kappa shape index (κ3) is 4.03. The second-order valence-corrected chi connectivity index (χ2v) is 5.96. The van der Waals surface area contributed by atoms with Gasteiger partial charge in [0.25, 0.3) is 5.91 Å². The zero-order valence-corrected chi connectivity index (χ0v) is 13.5. The fourth-order valence-corrected chi connectivity index (χ4v) is 2.63. The molecule has 0 spiro atoms. The SMILES string of the molecule is CN(Cc1cc(Cl)cc(Cl)c1)C(=O)c1ccc(Cl)c(N)c1. The zero-order valence-electron chi connectivity index (χ0n) is 11.2. The van der Waals surface area contributed by atoms with Gasteiger partial charge in [0, 0.05) is 29.2 Å². The number of nitrogen functional groups attached to an aromatic ring is 1. The minimum absolute atomic E-state index is 0.158. The smallest absolute Gasteiger partial charge is 0.253 e. The summed E-state index contributed by atoms with van der Waals surface area (Å²) in [5, 5.41) is 1.50. The summed E-state index contributed by atoms with van der Waals surface area (Å²) in [5.74, 6) is -0.158. The lowest BCUT2D eigenvalue weighted by atomic mass is 10.1. The molecule has 1 amide bonds. The molecule has 0 radical (unpaired) electrons. The normalized spacial score (nSPS) is 10.5. The van der Waals surface area contributed by atoms with E-state index in [9.17, 15) is 4.79 Å². The average Bonchev–Trinajstić information content (AvgIpc) is 2.39. The molecule has 0 aliphatic carbocycles. The first-order valence-corrected chi connectivity index (χ1v) is 7.25. The monoisotopic (exact) mass is 342 g/mol. The van der Waals surface area contributed by atoms with Gasteiger partial charge in [-0.15, -0.1) is 0 Å². The lowest BCUT2D eigenvalue weighted by Gasteiger charge is -2.18. The van der Waals surface area contributed by atoms with E-state index >= 15 is 0 Å². The molecule has 6 heteroatoms. The molecular formula is C15H13Cl3N2O. The molecule has 110 valence electrons. The van der Waals surface area contributed by atoms with Gasteiger partial charge in [-0.25, -0.2) is 0 Å². The van der Waals surface area contributed by atoms with Crippen molar-refractivity contribution in [2.45, 2.75) is 6.54 Å². The number of hydrogen-bond donors (Lipinski definition) is 1. The number of hydrogen-bond acceptors (Lipinski definition) is 2. The summed E-state index contributed by atoms with van der Waals surface area (Å²) in [7, 11) is 1.70. The van der Waals surface area contributed by atoms with Crippen LogP contribution in [0, 0.1) is 0 Å². The minimum atomic E-state index is -0.158. The maximum Gasteiger partial charge on any atom is 0.253 e. The molecule has 0 fully saturated rings. The van der Waals surface area contributed by atoms with Crippen molar-refractivity contribution in [2.75, 3.05) is 12.8 Å². The van der Waals surface area contributed by atoms with Gasteiger partial charge in [-0.05, 0) is 42.0 Å². The van der Waals surface area contributed by atoms with Crippen LogP contribution in [-0.2, 0) is 6.54 Å². The second kappa shape index (κ2) is 6.56. The molecule has 21 heavy (non-hydrogen) atoms. The van der Waals surface area contributed by atoms with Gasteiger partial charge in [0.05, 0.1) is 10.7 Å². The molecule has 0 aliphatic heterocycles. The number of amides is 1. The van der Waals surface area contributed by atoms with Crippen LogP contribution in [0.2, 0.25) is 15.1 Å². The van der Waals surface area contributed by atoms with Crippen LogP contribution in [0.15, 0.2) is 36.4 Å². The number of benzene rings is 2. The van der Waals surface area contributed by atoms with E-state index in [-0.39, 0.29) is 5.91 Å². The van der Waals surface area contributed by atoms with Crippen LogP contribution in [-0.4, -0.2) is 17.9 Å². The summed E-state index contributed by atoms with van der Waals surface area (Å²) in [6.45, 7) is 0.391. The van der Waals surface area contributed by atoms with Gasteiger partial charge in [0.15, 0.2) is 0 Å². The van der Waals surface area contributed by atoms with Crippen molar-refractivity contribution in [1.82, 2.24) is 4.90 Å². The largest absolute Gasteiger partial charge is 0.398 e. The van der Waals surface area contributed by atoms with E-state index in [0.29, 0.717) is 32.9 Å². The quantitative estimate of drug-likeness (QED) is 0.834. The molecular weight excluding hydrogens is 331 g/mol. The molecule has 2 aromatic carbocycles. The van der Waals surface area contributed by atoms with E-state index in [1.807, 2.05) is 0 Å². The van der Waals surface area contributed by atoms with Crippen LogP contribution in [0.3, 0.4) is 0 Å². The molecule has 0 aromatic heterocycles. The summed E-state index contributed by atoms with van der Waals surface area (Å²) in [6, 6.07) is 10.00. The van der Waals surface area contributed by atoms with E-state index in [2.05, 4.69) is 0 Å². The Morgan fingerprint density at radius 3 is 2.29 bits per heavy atom. The second-order valence-electron chi connectivity index (χ2n) is 4.68. The Hall–Kier alpha value is -1.42. The Kier molecular flexibility index (Phi) is 4.99. The Balaban J connectivity index is 2.17. The Morgan fingerprint density at radius 2 is 1.71 bits per heavy atom. The van der Waals surface area contributed by atoms with E-state index in [1.165, 1.54) is 0 Å². The minimum Gasteiger partial charge on any atom is -0.398 e. The molecule has 2 rings (SSSR count). The zero-order chi connectivity index (χ0) is 15.6. The number of rotatable bonds is 3. The van der Waals surface area contributed by atoms with Crippen LogP contribution in [0.5, 0.6) is 0 Å². The topological polar surface area (TPSA) is 46.3 Å². The Morgan fingerprint density at radius 1 is 1.10 bits per heavy atom. The van der Waals surface area contributed by atoms with Crippen molar-refractivity contribution < 1.29 is 4.79 Å². The van der Waals surface area contributed by atoms with E-state index < -0.39 is 0 Å². The lowest BCUT2D eigenvalue weighted by molar-refractivity contribution is 0.0785. The van der Waals surface area contributed by atoms with Crippen LogP contribution >= 0.6 is 34.8 Å². The van der Waals surface area contributed by atoms with Crippen molar-refractivity contribution in [3.63, 3.8) is 0 Å². The van der Waals surface area contributed by atoms with Crippen molar-refractivity contribution in [1.29, 1.82) is 0 Å². The first kappa shape index (κ1) is 16.0. The van der Waals surface area contributed by atoms with Gasteiger partial charge in [0.1, 0.15) is 0 Å². The maximum atomic E-state index is 12.3. The van der Waals surface area contributed by atoms with Gasteiger partial charge in [-0.2, -0.15) is 0 Å². The van der Waals surface area contributed by atoms with E-state index in [4.69, 9.17) is 40.5 Å². The molecule has 0 saturated heterocycles. The van der Waals surface area contributed by atoms with E-state index in [1.54, 1.807) is 48.3 Å². The fraction of sp³-hybridized carbons (Fsp3) is 0.133. The van der Waals surface area contributed by atoms with Gasteiger partial charge < -0.3 is 10.6 Å². The first-order valence-electron chi connectivity index (χ1n) is 6.12. The summed E-state index contributed by atoms with van der Waals surface area (Å²) in [6.07, 6.45) is 0. The third-order valence-corrected chi connectivity index (χ3v) is 3.71. The molecule has 0 aliphatic rings. The highest BCUT2D eigenvalue weighted by Gasteiger charge is 2.13. The number of carbonyl (C=O) groups excluding carboxylic acids is 1. The summed E-state index contributed by atoms with van der Waals surface area (Å²) in [5.41, 5.74) is 7.42. The van der Waals surface area contributed by atoms with Crippen molar-refractivity contribution in [3.8, 4) is 0 Å². The van der Waals surface area contributed by atoms with Crippen LogP contribution < -0.4 is 5.73 Å². The predicted molar refractivity (Wildman–Crippen MR) is 88.1 cm³/mol. The number of anilines is 1. The molecule has 2 aromatic rings. The maximum absolute atomic E-state index is 12.3. The number of nitrogens with zero attached hydrogens (tertiary/aromatic N) is 1. The molecule has 2 N–H and O–H groups in total. The average molecular weight is 344 g/mol. The van der Waals surface area contributed by atoms with Gasteiger partial charge >= 0.3 is 0 Å². The van der Waals surface area contributed by atoms with Crippen molar-refractivity contribution >= 4 is 46.4 Å². The molecule has 0 atom stereocenters. The van der Waals surface area contributed by atoms with Gasteiger partial charge in [-0.1, -0.05) is 34.8 Å². The fourth-order valence-electron chi connectivity index (χ4n) is 1.95. The van der Waals surface area contributed by atoms with Gasteiger partial charge in [0.2, 0.25) is 0 Å². The molecule has 0 heterocycles. The standard InChI is InChI=1S/C15H13Cl3N2O/c1-20(8-9-4-11(16)7-12(17)5-9)15(21)10-2-3-13(18)14(19)6-10/h2-7H,8,19H2,1H3. The Labute approximate surface area is 138 Å². The molecule has 3 nitrogen and oxygen atoms in total. The predicted octanol–water partition coefficient (Wildman–Crippen LogP) is 4.50. The van der Waals surface area contributed by atoms with Crippen molar-refractivity contribution in [2.24, 2.45) is 0 Å². The lowest BCUT2D eigenvalue weighted by Crippen LogP contribution is -2.26. The molecule has 0 unspecified atom stereocenters. The first-order chi connectivity index (χ1) is 9.86. The number of halogens is 3. The van der Waals surface area contributed by atoms with Crippen LogP contribution in [0.25, 0.3) is 0 Å². The number of nitrogens with two attached hydrogens (primary N) is 1. The summed E-state index contributed by atoms with van der Waals surface area (Å²) in [4.78, 5) is 13.9. The highest BCUT2D eigenvalue weighted by atomic mass is 35.5.